The minimum Gasteiger partial charge on any atom is -0.379 e. The zero-order valence-corrected chi connectivity index (χ0v) is 13.0. The summed E-state index contributed by atoms with van der Waals surface area (Å²) in [5, 5.41) is 3.42. The van der Waals surface area contributed by atoms with Gasteiger partial charge in [-0.05, 0) is 18.8 Å². The maximum atomic E-state index is 5.93. The summed E-state index contributed by atoms with van der Waals surface area (Å²) in [6.07, 6.45) is 2.87. The van der Waals surface area contributed by atoms with Crippen molar-refractivity contribution in [2.24, 2.45) is 5.92 Å². The van der Waals surface area contributed by atoms with Crippen molar-refractivity contribution in [2.45, 2.75) is 58.8 Å². The van der Waals surface area contributed by atoms with Gasteiger partial charge in [0.05, 0.1) is 32.0 Å². The van der Waals surface area contributed by atoms with Crippen molar-refractivity contribution in [3.05, 3.63) is 0 Å². The van der Waals surface area contributed by atoms with Gasteiger partial charge >= 0.3 is 0 Å². The largest absolute Gasteiger partial charge is 0.379 e. The number of hydrogen-bond donors (Lipinski definition) is 1. The van der Waals surface area contributed by atoms with E-state index >= 15 is 0 Å². The molecule has 2 atom stereocenters. The van der Waals surface area contributed by atoms with E-state index < -0.39 is 0 Å². The van der Waals surface area contributed by atoms with Crippen molar-refractivity contribution < 1.29 is 14.2 Å². The first-order valence-corrected chi connectivity index (χ1v) is 7.62. The smallest absolute Gasteiger partial charge is 0.0813 e. The minimum absolute atomic E-state index is 0.268. The topological polar surface area (TPSA) is 39.7 Å². The zero-order chi connectivity index (χ0) is 14.1. The van der Waals surface area contributed by atoms with Crippen LogP contribution < -0.4 is 5.32 Å². The molecule has 0 aromatic carbocycles. The number of hydrogen-bond acceptors (Lipinski definition) is 4. The van der Waals surface area contributed by atoms with Gasteiger partial charge in [0.2, 0.25) is 0 Å². The van der Waals surface area contributed by atoms with E-state index in [9.17, 15) is 0 Å². The molecule has 0 radical (unpaired) electrons. The average molecular weight is 273 g/mol. The van der Waals surface area contributed by atoms with Gasteiger partial charge in [-0.3, -0.25) is 0 Å². The summed E-state index contributed by atoms with van der Waals surface area (Å²) in [5.41, 5.74) is 0. The van der Waals surface area contributed by atoms with Crippen LogP contribution in [0.4, 0.5) is 0 Å². The Balaban J connectivity index is 1.94. The second-order valence-electron chi connectivity index (χ2n) is 6.06. The SMILES string of the molecule is CC(C)COCCOCC1CCC(CNC(C)C)O1. The van der Waals surface area contributed by atoms with E-state index in [1.807, 2.05) is 0 Å². The van der Waals surface area contributed by atoms with Gasteiger partial charge in [0.1, 0.15) is 0 Å². The zero-order valence-electron chi connectivity index (χ0n) is 13.0. The molecule has 2 unspecified atom stereocenters. The standard InChI is InChI=1S/C15H31NO3/c1-12(2)10-17-7-8-18-11-15-6-5-14(19-15)9-16-13(3)4/h12-16H,5-11H2,1-4H3. The van der Waals surface area contributed by atoms with Gasteiger partial charge in [0, 0.05) is 19.2 Å². The van der Waals surface area contributed by atoms with Crippen LogP contribution in [0.15, 0.2) is 0 Å². The van der Waals surface area contributed by atoms with Crippen LogP contribution in [0.2, 0.25) is 0 Å². The Hall–Kier alpha value is -0.160. The first-order chi connectivity index (χ1) is 9.08. The van der Waals surface area contributed by atoms with E-state index in [-0.39, 0.29) is 6.10 Å². The lowest BCUT2D eigenvalue weighted by molar-refractivity contribution is -0.0305. The highest BCUT2D eigenvalue weighted by Gasteiger charge is 2.25. The second-order valence-corrected chi connectivity index (χ2v) is 6.06. The van der Waals surface area contributed by atoms with Crippen molar-refractivity contribution in [1.82, 2.24) is 5.32 Å². The van der Waals surface area contributed by atoms with Crippen molar-refractivity contribution in [2.75, 3.05) is 33.0 Å². The van der Waals surface area contributed by atoms with Crippen LogP contribution in [0.3, 0.4) is 0 Å². The van der Waals surface area contributed by atoms with Gasteiger partial charge in [-0.2, -0.15) is 0 Å². The molecular formula is C15H31NO3. The molecule has 114 valence electrons. The molecule has 1 saturated heterocycles. The number of nitrogens with one attached hydrogen (secondary N) is 1. The third-order valence-electron chi connectivity index (χ3n) is 3.08. The van der Waals surface area contributed by atoms with E-state index in [1.54, 1.807) is 0 Å². The van der Waals surface area contributed by atoms with E-state index in [4.69, 9.17) is 14.2 Å². The highest BCUT2D eigenvalue weighted by Crippen LogP contribution is 2.19. The fraction of sp³-hybridized carbons (Fsp3) is 1.00. The molecule has 1 aliphatic rings. The van der Waals surface area contributed by atoms with E-state index in [0.29, 0.717) is 37.9 Å². The Kier molecular flexibility index (Phi) is 8.62. The second kappa shape index (κ2) is 9.70. The third kappa shape index (κ3) is 8.58. The molecule has 1 aliphatic heterocycles. The molecule has 1 rings (SSSR count). The quantitative estimate of drug-likeness (QED) is 0.620. The van der Waals surface area contributed by atoms with Crippen molar-refractivity contribution in [3.63, 3.8) is 0 Å². The Morgan fingerprint density at radius 2 is 1.74 bits per heavy atom. The van der Waals surface area contributed by atoms with Crippen LogP contribution in [-0.2, 0) is 14.2 Å². The maximum Gasteiger partial charge on any atom is 0.0813 e. The van der Waals surface area contributed by atoms with Crippen LogP contribution in [-0.4, -0.2) is 51.2 Å². The molecule has 4 heteroatoms. The molecule has 1 N–H and O–H groups in total. The van der Waals surface area contributed by atoms with Gasteiger partial charge in [-0.1, -0.05) is 27.7 Å². The fourth-order valence-corrected chi connectivity index (χ4v) is 2.07. The molecular weight excluding hydrogens is 242 g/mol. The van der Waals surface area contributed by atoms with E-state index in [1.165, 1.54) is 0 Å². The summed E-state index contributed by atoms with van der Waals surface area (Å²) in [4.78, 5) is 0. The highest BCUT2D eigenvalue weighted by atomic mass is 16.6. The van der Waals surface area contributed by atoms with Crippen molar-refractivity contribution in [3.8, 4) is 0 Å². The fourth-order valence-electron chi connectivity index (χ4n) is 2.07. The maximum absolute atomic E-state index is 5.93. The van der Waals surface area contributed by atoms with Gasteiger partial charge < -0.3 is 19.5 Å². The monoisotopic (exact) mass is 273 g/mol. The van der Waals surface area contributed by atoms with Gasteiger partial charge in [-0.15, -0.1) is 0 Å². The molecule has 0 aromatic heterocycles. The van der Waals surface area contributed by atoms with Gasteiger partial charge in [0.25, 0.3) is 0 Å². The molecule has 19 heavy (non-hydrogen) atoms. The number of ether oxygens (including phenoxy) is 3. The average Bonchev–Trinajstić information content (AvgIpc) is 2.78. The normalized spacial score (nSPS) is 23.7. The number of rotatable bonds is 10. The summed E-state index contributed by atoms with van der Waals surface area (Å²) in [6, 6.07) is 0.525. The predicted octanol–water partition coefficient (Wildman–Crippen LogP) is 2.22. The van der Waals surface area contributed by atoms with Crippen LogP contribution >= 0.6 is 0 Å². The Bertz CT molecular complexity index is 221. The molecule has 0 saturated carbocycles. The first kappa shape index (κ1) is 16.9. The lowest BCUT2D eigenvalue weighted by Crippen LogP contribution is -2.32. The van der Waals surface area contributed by atoms with Crippen LogP contribution in [0.25, 0.3) is 0 Å². The van der Waals surface area contributed by atoms with Gasteiger partial charge in [-0.25, -0.2) is 0 Å². The Labute approximate surface area is 118 Å². The third-order valence-corrected chi connectivity index (χ3v) is 3.08. The van der Waals surface area contributed by atoms with Gasteiger partial charge in [0.15, 0.2) is 0 Å². The highest BCUT2D eigenvalue weighted by molar-refractivity contribution is 4.75. The summed E-state index contributed by atoms with van der Waals surface area (Å²) >= 11 is 0. The molecule has 0 bridgehead atoms. The molecule has 1 fully saturated rings. The summed E-state index contributed by atoms with van der Waals surface area (Å²) < 4.78 is 17.0. The summed E-state index contributed by atoms with van der Waals surface area (Å²) in [7, 11) is 0. The lowest BCUT2D eigenvalue weighted by atomic mass is 10.2. The summed E-state index contributed by atoms with van der Waals surface area (Å²) in [6.45, 7) is 12.4. The molecule has 0 aromatic rings. The van der Waals surface area contributed by atoms with E-state index in [0.717, 1.165) is 26.0 Å². The van der Waals surface area contributed by atoms with Crippen molar-refractivity contribution >= 4 is 0 Å². The van der Waals surface area contributed by atoms with Crippen LogP contribution in [0.5, 0.6) is 0 Å². The van der Waals surface area contributed by atoms with E-state index in [2.05, 4.69) is 33.0 Å². The van der Waals surface area contributed by atoms with Crippen LogP contribution in [0.1, 0.15) is 40.5 Å². The molecule has 0 aliphatic carbocycles. The molecule has 0 spiro atoms. The summed E-state index contributed by atoms with van der Waals surface area (Å²) in [5.74, 6) is 0.590. The lowest BCUT2D eigenvalue weighted by Gasteiger charge is -2.16. The van der Waals surface area contributed by atoms with Crippen LogP contribution in [0, 0.1) is 5.92 Å². The Morgan fingerprint density at radius 1 is 1.05 bits per heavy atom. The Morgan fingerprint density at radius 3 is 2.42 bits per heavy atom. The molecule has 1 heterocycles. The molecule has 4 nitrogen and oxygen atoms in total. The first-order valence-electron chi connectivity index (χ1n) is 7.62. The predicted molar refractivity (Wildman–Crippen MR) is 77.5 cm³/mol. The van der Waals surface area contributed by atoms with Crippen molar-refractivity contribution in [1.29, 1.82) is 0 Å². The molecule has 0 amide bonds. The minimum atomic E-state index is 0.268.